The number of hydrogen-bond acceptors (Lipinski definition) is 3. The Morgan fingerprint density at radius 1 is 0.926 bits per heavy atom. The van der Waals surface area contributed by atoms with Crippen LogP contribution in [0.2, 0.25) is 0 Å². The highest BCUT2D eigenvalue weighted by Crippen LogP contribution is 2.15. The van der Waals surface area contributed by atoms with E-state index in [1.165, 1.54) is 38.5 Å². The van der Waals surface area contributed by atoms with Gasteiger partial charge in [0.2, 0.25) is 5.91 Å². The van der Waals surface area contributed by atoms with Crippen LogP contribution in [0.25, 0.3) is 0 Å². The third kappa shape index (κ3) is 8.02. The molecule has 0 atom stereocenters. The molecule has 1 aliphatic rings. The van der Waals surface area contributed by atoms with E-state index in [4.69, 9.17) is 0 Å². The Labute approximate surface area is 163 Å². The molecule has 27 heavy (non-hydrogen) atoms. The topological polar surface area (TPSA) is 61.4 Å². The van der Waals surface area contributed by atoms with Crippen molar-refractivity contribution in [2.24, 2.45) is 0 Å². The second-order valence-corrected chi connectivity index (χ2v) is 7.40. The van der Waals surface area contributed by atoms with Crippen LogP contribution in [0.15, 0.2) is 24.3 Å². The molecule has 5 nitrogen and oxygen atoms in total. The number of benzene rings is 1. The van der Waals surface area contributed by atoms with Gasteiger partial charge in [0.15, 0.2) is 0 Å². The van der Waals surface area contributed by atoms with Crippen LogP contribution in [0.3, 0.4) is 0 Å². The predicted molar refractivity (Wildman–Crippen MR) is 111 cm³/mol. The maximum atomic E-state index is 12.6. The summed E-state index contributed by atoms with van der Waals surface area (Å²) in [4.78, 5) is 26.4. The number of likely N-dealkylation sites (tertiary alicyclic amines) is 1. The van der Waals surface area contributed by atoms with E-state index in [-0.39, 0.29) is 18.4 Å². The molecule has 1 saturated heterocycles. The first-order valence-electron chi connectivity index (χ1n) is 10.6. The summed E-state index contributed by atoms with van der Waals surface area (Å²) in [6, 6.07) is 7.45. The average Bonchev–Trinajstić information content (AvgIpc) is 2.98. The average molecular weight is 374 g/mol. The molecule has 0 bridgehead atoms. The fraction of sp³-hybridized carbons (Fsp3) is 0.636. The molecule has 5 heteroatoms. The summed E-state index contributed by atoms with van der Waals surface area (Å²) in [5, 5.41) is 6.07. The van der Waals surface area contributed by atoms with E-state index in [9.17, 15) is 9.59 Å². The summed E-state index contributed by atoms with van der Waals surface area (Å²) in [7, 11) is 0. The maximum Gasteiger partial charge on any atom is 0.253 e. The zero-order chi connectivity index (χ0) is 19.3. The summed E-state index contributed by atoms with van der Waals surface area (Å²) in [5.74, 6) is 0.125. The molecule has 0 aliphatic carbocycles. The van der Waals surface area contributed by atoms with Crippen LogP contribution in [0.5, 0.6) is 0 Å². The largest absolute Gasteiger partial charge is 0.376 e. The third-order valence-corrected chi connectivity index (χ3v) is 5.08. The Kier molecular flexibility index (Phi) is 9.74. The molecule has 2 amide bonds. The lowest BCUT2D eigenvalue weighted by molar-refractivity contribution is -0.119. The maximum absolute atomic E-state index is 12.6. The monoisotopic (exact) mass is 373 g/mol. The van der Waals surface area contributed by atoms with Gasteiger partial charge >= 0.3 is 0 Å². The number of carbonyl (C=O) groups excluding carboxylic acids is 2. The van der Waals surface area contributed by atoms with Crippen molar-refractivity contribution in [2.45, 2.75) is 64.7 Å². The molecule has 150 valence electrons. The van der Waals surface area contributed by atoms with E-state index >= 15 is 0 Å². The van der Waals surface area contributed by atoms with Crippen molar-refractivity contribution < 1.29 is 9.59 Å². The standard InChI is InChI=1S/C22H35N3O2/c1-2-3-4-5-8-15-23-21(26)18-24-20-13-11-19(12-14-20)22(27)25-16-9-6-7-10-17-25/h11-14,24H,2-10,15-18H2,1H3,(H,23,26). The number of nitrogens with zero attached hydrogens (tertiary/aromatic N) is 1. The summed E-state index contributed by atoms with van der Waals surface area (Å²) in [5.41, 5.74) is 1.58. The number of unbranched alkanes of at least 4 members (excludes halogenated alkanes) is 4. The molecule has 1 aromatic rings. The Morgan fingerprint density at radius 3 is 2.26 bits per heavy atom. The van der Waals surface area contributed by atoms with Crippen molar-refractivity contribution in [3.8, 4) is 0 Å². The highest BCUT2D eigenvalue weighted by molar-refractivity contribution is 5.94. The van der Waals surface area contributed by atoms with E-state index in [1.54, 1.807) is 0 Å². The SMILES string of the molecule is CCCCCCCNC(=O)CNc1ccc(C(=O)N2CCCCCC2)cc1. The Hall–Kier alpha value is -2.04. The molecular formula is C22H35N3O2. The molecule has 0 saturated carbocycles. The number of nitrogens with one attached hydrogen (secondary N) is 2. The van der Waals surface area contributed by atoms with Crippen LogP contribution in [0.4, 0.5) is 5.69 Å². The molecule has 0 unspecified atom stereocenters. The van der Waals surface area contributed by atoms with Gasteiger partial charge in [-0.3, -0.25) is 9.59 Å². The zero-order valence-electron chi connectivity index (χ0n) is 16.8. The number of rotatable bonds is 10. The molecule has 1 aromatic carbocycles. The number of carbonyl (C=O) groups is 2. The lowest BCUT2D eigenvalue weighted by atomic mass is 10.1. The van der Waals surface area contributed by atoms with Gasteiger partial charge in [0.25, 0.3) is 5.91 Å². The first-order valence-corrected chi connectivity index (χ1v) is 10.6. The van der Waals surface area contributed by atoms with Crippen LogP contribution in [-0.2, 0) is 4.79 Å². The van der Waals surface area contributed by atoms with Gasteiger partial charge in [-0.15, -0.1) is 0 Å². The smallest absolute Gasteiger partial charge is 0.253 e. The minimum Gasteiger partial charge on any atom is -0.376 e. The van der Waals surface area contributed by atoms with Crippen molar-refractivity contribution >= 4 is 17.5 Å². The van der Waals surface area contributed by atoms with Gasteiger partial charge in [0, 0.05) is 30.9 Å². The van der Waals surface area contributed by atoms with Gasteiger partial charge in [-0.05, 0) is 43.5 Å². The Bertz CT molecular complexity index is 563. The Balaban J connectivity index is 1.68. The van der Waals surface area contributed by atoms with Gasteiger partial charge in [-0.2, -0.15) is 0 Å². The van der Waals surface area contributed by atoms with Gasteiger partial charge in [0.1, 0.15) is 0 Å². The number of amides is 2. The summed E-state index contributed by atoms with van der Waals surface area (Å²) in [6.45, 7) is 4.92. The molecule has 1 aliphatic heterocycles. The van der Waals surface area contributed by atoms with Crippen LogP contribution < -0.4 is 10.6 Å². The van der Waals surface area contributed by atoms with E-state index in [2.05, 4.69) is 17.6 Å². The fourth-order valence-corrected chi connectivity index (χ4v) is 3.39. The fourth-order valence-electron chi connectivity index (χ4n) is 3.39. The van der Waals surface area contributed by atoms with Gasteiger partial charge in [-0.1, -0.05) is 45.4 Å². The molecule has 0 radical (unpaired) electrons. The molecule has 0 spiro atoms. The third-order valence-electron chi connectivity index (χ3n) is 5.08. The molecule has 1 heterocycles. The van der Waals surface area contributed by atoms with Crippen LogP contribution in [0.1, 0.15) is 75.1 Å². The van der Waals surface area contributed by atoms with Crippen molar-refractivity contribution in [1.29, 1.82) is 0 Å². The van der Waals surface area contributed by atoms with Crippen molar-refractivity contribution in [1.82, 2.24) is 10.2 Å². The minimum atomic E-state index is 0.00945. The molecular weight excluding hydrogens is 338 g/mol. The number of anilines is 1. The zero-order valence-corrected chi connectivity index (χ0v) is 16.8. The summed E-state index contributed by atoms with van der Waals surface area (Å²) in [6.07, 6.45) is 10.6. The number of hydrogen-bond donors (Lipinski definition) is 2. The van der Waals surface area contributed by atoms with Crippen LogP contribution >= 0.6 is 0 Å². The van der Waals surface area contributed by atoms with E-state index in [0.29, 0.717) is 0 Å². The first-order chi connectivity index (χ1) is 13.2. The molecule has 1 fully saturated rings. The van der Waals surface area contributed by atoms with Crippen LogP contribution in [-0.4, -0.2) is 42.9 Å². The van der Waals surface area contributed by atoms with Gasteiger partial charge < -0.3 is 15.5 Å². The molecule has 0 aromatic heterocycles. The highest BCUT2D eigenvalue weighted by Gasteiger charge is 2.17. The normalized spacial score (nSPS) is 14.5. The summed E-state index contributed by atoms with van der Waals surface area (Å²) < 4.78 is 0. The van der Waals surface area contributed by atoms with E-state index in [0.717, 1.165) is 50.1 Å². The summed E-state index contributed by atoms with van der Waals surface area (Å²) >= 11 is 0. The quantitative estimate of drug-likeness (QED) is 0.604. The lowest BCUT2D eigenvalue weighted by Crippen LogP contribution is -2.32. The van der Waals surface area contributed by atoms with Crippen LogP contribution in [0, 0.1) is 0 Å². The highest BCUT2D eigenvalue weighted by atomic mass is 16.2. The van der Waals surface area contributed by atoms with Crippen molar-refractivity contribution in [3.05, 3.63) is 29.8 Å². The van der Waals surface area contributed by atoms with Gasteiger partial charge in [0.05, 0.1) is 6.54 Å². The van der Waals surface area contributed by atoms with Crippen molar-refractivity contribution in [3.63, 3.8) is 0 Å². The second kappa shape index (κ2) is 12.4. The minimum absolute atomic E-state index is 0.00945. The van der Waals surface area contributed by atoms with Crippen molar-refractivity contribution in [2.75, 3.05) is 31.5 Å². The van der Waals surface area contributed by atoms with Gasteiger partial charge in [-0.25, -0.2) is 0 Å². The molecule has 2 N–H and O–H groups in total. The second-order valence-electron chi connectivity index (χ2n) is 7.40. The lowest BCUT2D eigenvalue weighted by Gasteiger charge is -2.20. The first kappa shape index (κ1) is 21.3. The Morgan fingerprint density at radius 2 is 1.59 bits per heavy atom. The molecule has 2 rings (SSSR count). The van der Waals surface area contributed by atoms with E-state index in [1.807, 2.05) is 29.2 Å². The predicted octanol–water partition coefficient (Wildman–Crippen LogP) is 4.20. The van der Waals surface area contributed by atoms with E-state index < -0.39 is 0 Å².